The van der Waals surface area contributed by atoms with Gasteiger partial charge in [0.2, 0.25) is 0 Å². The summed E-state index contributed by atoms with van der Waals surface area (Å²) in [6, 6.07) is 0. The smallest absolute Gasteiger partial charge is 0.200 e. The van der Waals surface area contributed by atoms with Gasteiger partial charge in [0.05, 0.1) is 6.26 Å². The monoisotopic (exact) mass is 168 g/mol. The zero-order valence-corrected chi connectivity index (χ0v) is 7.66. The summed E-state index contributed by atoms with van der Waals surface area (Å²) in [6.07, 6.45) is 3.61. The first-order chi connectivity index (χ1) is 5.70. The molecule has 1 heterocycles. The predicted octanol–water partition coefficient (Wildman–Crippen LogP) is 1.90. The first kappa shape index (κ1) is 8.11. The zero-order valence-electron chi connectivity index (χ0n) is 7.66. The number of rotatable bonds is 0. The lowest BCUT2D eigenvalue weighted by Gasteiger charge is -2.31. The van der Waals surface area contributed by atoms with E-state index in [2.05, 4.69) is 13.8 Å². The Morgan fingerprint density at radius 3 is 2.92 bits per heavy atom. The lowest BCUT2D eigenvalue weighted by Crippen LogP contribution is -2.32. The summed E-state index contributed by atoms with van der Waals surface area (Å²) in [5.74, 6) is 1.52. The highest BCUT2D eigenvalue weighted by Crippen LogP contribution is 2.45. The standard InChI is InChI=1S/C10H16O2/c1-6-3-4-8-7(2)5-12-10(11)9(6)8/h5-6,8-11H,3-4H2,1-2H3/t6-,8-,9-,10-/m0/s1. The Hall–Kier alpha value is -0.500. The molecule has 0 aromatic carbocycles. The van der Waals surface area contributed by atoms with Gasteiger partial charge in [-0.2, -0.15) is 0 Å². The molecule has 0 aromatic heterocycles. The van der Waals surface area contributed by atoms with E-state index in [1.807, 2.05) is 0 Å². The lowest BCUT2D eigenvalue weighted by atomic mass is 9.84. The van der Waals surface area contributed by atoms with Crippen LogP contribution >= 0.6 is 0 Å². The van der Waals surface area contributed by atoms with Crippen molar-refractivity contribution in [3.63, 3.8) is 0 Å². The van der Waals surface area contributed by atoms with Crippen molar-refractivity contribution in [2.75, 3.05) is 0 Å². The minimum Gasteiger partial charge on any atom is -0.472 e. The molecule has 0 spiro atoms. The predicted molar refractivity (Wildman–Crippen MR) is 46.2 cm³/mol. The van der Waals surface area contributed by atoms with Crippen molar-refractivity contribution >= 4 is 0 Å². The molecule has 12 heavy (non-hydrogen) atoms. The molecule has 2 heteroatoms. The van der Waals surface area contributed by atoms with Crippen LogP contribution in [0.3, 0.4) is 0 Å². The van der Waals surface area contributed by atoms with Crippen LogP contribution in [0.25, 0.3) is 0 Å². The highest BCUT2D eigenvalue weighted by Gasteiger charge is 2.42. The fourth-order valence-corrected chi connectivity index (χ4v) is 2.59. The van der Waals surface area contributed by atoms with E-state index >= 15 is 0 Å². The van der Waals surface area contributed by atoms with Crippen molar-refractivity contribution in [2.45, 2.75) is 33.0 Å². The van der Waals surface area contributed by atoms with E-state index in [1.165, 1.54) is 18.4 Å². The molecule has 0 amide bonds. The number of aliphatic hydroxyl groups is 1. The maximum atomic E-state index is 9.60. The Balaban J connectivity index is 2.23. The fraction of sp³-hybridized carbons (Fsp3) is 0.800. The second kappa shape index (κ2) is 2.77. The third-order valence-corrected chi connectivity index (χ3v) is 3.36. The summed E-state index contributed by atoms with van der Waals surface area (Å²) in [5.41, 5.74) is 1.30. The number of aliphatic hydroxyl groups excluding tert-OH is 1. The van der Waals surface area contributed by atoms with Gasteiger partial charge in [0.1, 0.15) is 0 Å². The maximum Gasteiger partial charge on any atom is 0.200 e. The zero-order chi connectivity index (χ0) is 8.72. The molecule has 2 nitrogen and oxygen atoms in total. The minimum absolute atomic E-state index is 0.343. The minimum atomic E-state index is -0.559. The van der Waals surface area contributed by atoms with E-state index in [-0.39, 0.29) is 0 Å². The van der Waals surface area contributed by atoms with E-state index in [1.54, 1.807) is 6.26 Å². The van der Waals surface area contributed by atoms with Crippen LogP contribution in [0.1, 0.15) is 26.7 Å². The molecular weight excluding hydrogens is 152 g/mol. The molecule has 1 saturated carbocycles. The summed E-state index contributed by atoms with van der Waals surface area (Å²) < 4.78 is 5.17. The molecular formula is C10H16O2. The summed E-state index contributed by atoms with van der Waals surface area (Å²) in [5, 5.41) is 9.60. The van der Waals surface area contributed by atoms with Crippen molar-refractivity contribution in [1.29, 1.82) is 0 Å². The third-order valence-electron chi connectivity index (χ3n) is 3.36. The first-order valence-corrected chi connectivity index (χ1v) is 4.70. The lowest BCUT2D eigenvalue weighted by molar-refractivity contribution is -0.121. The Labute approximate surface area is 73.2 Å². The summed E-state index contributed by atoms with van der Waals surface area (Å²) in [7, 11) is 0. The van der Waals surface area contributed by atoms with Crippen LogP contribution in [0.15, 0.2) is 11.8 Å². The second-order valence-corrected chi connectivity index (χ2v) is 4.13. The van der Waals surface area contributed by atoms with E-state index < -0.39 is 6.29 Å². The van der Waals surface area contributed by atoms with Crippen molar-refractivity contribution < 1.29 is 9.84 Å². The number of allylic oxidation sites excluding steroid dienone is 1. The number of fused-ring (bicyclic) bond motifs is 1. The molecule has 1 aliphatic carbocycles. The van der Waals surface area contributed by atoms with Crippen LogP contribution < -0.4 is 0 Å². The molecule has 68 valence electrons. The second-order valence-electron chi connectivity index (χ2n) is 4.13. The number of ether oxygens (including phenoxy) is 1. The van der Waals surface area contributed by atoms with Gasteiger partial charge < -0.3 is 9.84 Å². The highest BCUT2D eigenvalue weighted by atomic mass is 16.6. The van der Waals surface area contributed by atoms with Gasteiger partial charge >= 0.3 is 0 Å². The van der Waals surface area contributed by atoms with Gasteiger partial charge in [0.25, 0.3) is 0 Å². The Kier molecular flexibility index (Phi) is 1.87. The molecule has 4 atom stereocenters. The molecule has 2 aliphatic rings. The molecule has 1 fully saturated rings. The van der Waals surface area contributed by atoms with Crippen molar-refractivity contribution in [1.82, 2.24) is 0 Å². The van der Waals surface area contributed by atoms with Crippen LogP contribution in [0.5, 0.6) is 0 Å². The number of hydrogen-bond acceptors (Lipinski definition) is 2. The first-order valence-electron chi connectivity index (χ1n) is 4.70. The van der Waals surface area contributed by atoms with Gasteiger partial charge in [-0.3, -0.25) is 0 Å². The normalized spacial score (nSPS) is 46.4. The molecule has 0 bridgehead atoms. The summed E-state index contributed by atoms with van der Waals surface area (Å²) in [6.45, 7) is 4.30. The summed E-state index contributed by atoms with van der Waals surface area (Å²) in [4.78, 5) is 0. The van der Waals surface area contributed by atoms with Crippen LogP contribution in [-0.2, 0) is 4.74 Å². The molecule has 1 aliphatic heterocycles. The van der Waals surface area contributed by atoms with E-state index in [0.29, 0.717) is 17.8 Å². The van der Waals surface area contributed by atoms with Crippen LogP contribution in [0.4, 0.5) is 0 Å². The molecule has 0 aromatic rings. The molecule has 0 unspecified atom stereocenters. The van der Waals surface area contributed by atoms with Gasteiger partial charge in [0.15, 0.2) is 6.29 Å². The fourth-order valence-electron chi connectivity index (χ4n) is 2.59. The summed E-state index contributed by atoms with van der Waals surface area (Å²) >= 11 is 0. The van der Waals surface area contributed by atoms with Gasteiger partial charge in [-0.05, 0) is 37.2 Å². The SMILES string of the molecule is CC1=CO[C@H](O)[C@H]2[C@@H](C)CC[C@@H]12. The Morgan fingerprint density at radius 1 is 1.50 bits per heavy atom. The maximum absolute atomic E-state index is 9.60. The average Bonchev–Trinajstić information content (AvgIpc) is 2.42. The van der Waals surface area contributed by atoms with Gasteiger partial charge in [-0.1, -0.05) is 6.92 Å². The molecule has 2 rings (SSSR count). The average molecular weight is 168 g/mol. The molecule has 0 saturated heterocycles. The Bertz CT molecular complexity index is 210. The quantitative estimate of drug-likeness (QED) is 0.598. The largest absolute Gasteiger partial charge is 0.472 e. The van der Waals surface area contributed by atoms with Gasteiger partial charge in [0, 0.05) is 5.92 Å². The van der Waals surface area contributed by atoms with Gasteiger partial charge in [-0.15, -0.1) is 0 Å². The van der Waals surface area contributed by atoms with Crippen LogP contribution in [0.2, 0.25) is 0 Å². The number of hydrogen-bond donors (Lipinski definition) is 1. The van der Waals surface area contributed by atoms with E-state index in [0.717, 1.165) is 0 Å². The third kappa shape index (κ3) is 1.06. The molecule has 0 radical (unpaired) electrons. The van der Waals surface area contributed by atoms with Crippen LogP contribution in [0, 0.1) is 17.8 Å². The van der Waals surface area contributed by atoms with E-state index in [9.17, 15) is 5.11 Å². The molecule has 1 N–H and O–H groups in total. The Morgan fingerprint density at radius 2 is 2.25 bits per heavy atom. The van der Waals surface area contributed by atoms with Crippen molar-refractivity contribution in [3.8, 4) is 0 Å². The van der Waals surface area contributed by atoms with Crippen LogP contribution in [-0.4, -0.2) is 11.4 Å². The van der Waals surface area contributed by atoms with E-state index in [4.69, 9.17) is 4.74 Å². The van der Waals surface area contributed by atoms with Gasteiger partial charge in [-0.25, -0.2) is 0 Å². The van der Waals surface area contributed by atoms with Crippen molar-refractivity contribution in [3.05, 3.63) is 11.8 Å². The topological polar surface area (TPSA) is 29.5 Å². The highest BCUT2D eigenvalue weighted by molar-refractivity contribution is 5.09. The van der Waals surface area contributed by atoms with Crippen molar-refractivity contribution in [2.24, 2.45) is 17.8 Å².